The zero-order valence-corrected chi connectivity index (χ0v) is 21.5. The van der Waals surface area contributed by atoms with Crippen LogP contribution in [0, 0.1) is 11.3 Å². The van der Waals surface area contributed by atoms with Crippen LogP contribution in [0.2, 0.25) is 0 Å². The van der Waals surface area contributed by atoms with Crippen LogP contribution in [-0.4, -0.2) is 19.7 Å². The van der Waals surface area contributed by atoms with Gasteiger partial charge in [0.1, 0.15) is 34.6 Å². The molecule has 2 N–H and O–H groups in total. The minimum atomic E-state index is -0.541. The van der Waals surface area contributed by atoms with Crippen LogP contribution in [0.4, 0.5) is 0 Å². The van der Waals surface area contributed by atoms with E-state index >= 15 is 0 Å². The number of allylic oxidation sites excluding steroid dienone is 1. The fraction of sp³-hybridized carbons (Fsp3) is 0.226. The molecule has 0 fully saturated rings. The van der Waals surface area contributed by atoms with Gasteiger partial charge in [-0.25, -0.2) is 4.79 Å². The summed E-state index contributed by atoms with van der Waals surface area (Å²) in [5, 5.41) is 9.92. The number of hydrogen-bond donors (Lipinski definition) is 1. The summed E-state index contributed by atoms with van der Waals surface area (Å²) in [6.45, 7) is 2.73. The number of benzene rings is 3. The lowest BCUT2D eigenvalue weighted by Gasteiger charge is -2.28. The molecular formula is C31H30N2O5. The summed E-state index contributed by atoms with van der Waals surface area (Å²) in [5.41, 5.74) is 8.85. The molecule has 7 heteroatoms. The van der Waals surface area contributed by atoms with Gasteiger partial charge in [0.2, 0.25) is 5.88 Å². The molecule has 1 atom stereocenters. The van der Waals surface area contributed by atoms with E-state index in [2.05, 4.69) is 13.0 Å². The van der Waals surface area contributed by atoms with E-state index in [1.54, 1.807) is 31.4 Å². The number of esters is 1. The predicted molar refractivity (Wildman–Crippen MR) is 145 cm³/mol. The van der Waals surface area contributed by atoms with E-state index in [9.17, 15) is 10.1 Å². The van der Waals surface area contributed by atoms with Gasteiger partial charge in [-0.15, -0.1) is 0 Å². The van der Waals surface area contributed by atoms with Gasteiger partial charge in [-0.3, -0.25) is 0 Å². The van der Waals surface area contributed by atoms with Crippen LogP contribution >= 0.6 is 0 Å². The Morgan fingerprint density at radius 2 is 1.82 bits per heavy atom. The van der Waals surface area contributed by atoms with Crippen molar-refractivity contribution in [2.24, 2.45) is 5.73 Å². The van der Waals surface area contributed by atoms with Crippen LogP contribution in [0.15, 0.2) is 84.3 Å². The first-order chi connectivity index (χ1) is 18.5. The van der Waals surface area contributed by atoms with Crippen LogP contribution in [0.25, 0.3) is 6.08 Å². The number of nitrogens with two attached hydrogens (primary N) is 1. The lowest BCUT2D eigenvalue weighted by molar-refractivity contribution is -0.128. The van der Waals surface area contributed by atoms with Crippen LogP contribution in [0.1, 0.15) is 48.8 Å². The molecule has 38 heavy (non-hydrogen) atoms. The number of rotatable bonds is 10. The average molecular weight is 511 g/mol. The molecule has 1 heterocycles. The molecule has 194 valence electrons. The van der Waals surface area contributed by atoms with Gasteiger partial charge in [0.15, 0.2) is 0 Å². The first-order valence-electron chi connectivity index (χ1n) is 12.5. The van der Waals surface area contributed by atoms with Crippen molar-refractivity contribution in [3.63, 3.8) is 0 Å². The van der Waals surface area contributed by atoms with Gasteiger partial charge in [-0.2, -0.15) is 5.26 Å². The maximum atomic E-state index is 12.4. The molecule has 0 saturated heterocycles. The molecule has 0 saturated carbocycles. The first kappa shape index (κ1) is 26.4. The molecule has 0 amide bonds. The Morgan fingerprint density at radius 3 is 2.55 bits per heavy atom. The number of ether oxygens (including phenoxy) is 4. The Balaban J connectivity index is 1.57. The fourth-order valence-electron chi connectivity index (χ4n) is 4.23. The standard InChI is InChI=1S/C31H30N2O5/c1-3-4-7-18-36-27-9-6-5-8-24(27)30-25-16-15-23(19-28(25)38-31(33)26(30)20-32)37-29(34)17-12-21-10-13-22(35-2)14-11-21/h5-6,8-17,19,30H,3-4,7,18,33H2,1-2H3/b17-12+. The third kappa shape index (κ3) is 6.16. The van der Waals surface area contributed by atoms with Crippen molar-refractivity contribution in [3.8, 4) is 29.1 Å². The smallest absolute Gasteiger partial charge is 0.336 e. The van der Waals surface area contributed by atoms with E-state index in [1.807, 2.05) is 48.5 Å². The molecule has 7 nitrogen and oxygen atoms in total. The topological polar surface area (TPSA) is 104 Å². The Kier molecular flexibility index (Phi) is 8.68. The van der Waals surface area contributed by atoms with Gasteiger partial charge >= 0.3 is 5.97 Å². The van der Waals surface area contributed by atoms with Gasteiger partial charge in [0.25, 0.3) is 0 Å². The second kappa shape index (κ2) is 12.5. The Morgan fingerprint density at radius 1 is 1.05 bits per heavy atom. The Bertz CT molecular complexity index is 1390. The molecule has 0 bridgehead atoms. The van der Waals surface area contributed by atoms with Gasteiger partial charge < -0.3 is 24.7 Å². The van der Waals surface area contributed by atoms with Crippen molar-refractivity contribution in [2.75, 3.05) is 13.7 Å². The molecule has 1 unspecified atom stereocenters. The van der Waals surface area contributed by atoms with Gasteiger partial charge in [-0.05, 0) is 42.3 Å². The molecule has 1 aliphatic rings. The zero-order chi connectivity index (χ0) is 26.9. The molecule has 0 aromatic heterocycles. The minimum absolute atomic E-state index is 0.00802. The summed E-state index contributed by atoms with van der Waals surface area (Å²) >= 11 is 0. The number of para-hydroxylation sites is 1. The van der Waals surface area contributed by atoms with Crippen LogP contribution in [0.5, 0.6) is 23.0 Å². The van der Waals surface area contributed by atoms with Crippen molar-refractivity contribution in [1.82, 2.24) is 0 Å². The maximum Gasteiger partial charge on any atom is 0.336 e. The number of carbonyl (C=O) groups is 1. The largest absolute Gasteiger partial charge is 0.497 e. The van der Waals surface area contributed by atoms with Crippen molar-refractivity contribution >= 4 is 12.0 Å². The molecule has 0 spiro atoms. The zero-order valence-electron chi connectivity index (χ0n) is 21.5. The highest BCUT2D eigenvalue weighted by Crippen LogP contribution is 2.45. The van der Waals surface area contributed by atoms with Gasteiger partial charge in [-0.1, -0.05) is 56.2 Å². The molecule has 0 aliphatic carbocycles. The minimum Gasteiger partial charge on any atom is -0.497 e. The number of methoxy groups -OCH3 is 1. The highest BCUT2D eigenvalue weighted by molar-refractivity contribution is 5.88. The summed E-state index contributed by atoms with van der Waals surface area (Å²) in [5.74, 6) is 1.12. The summed E-state index contributed by atoms with van der Waals surface area (Å²) in [7, 11) is 1.60. The number of carbonyl (C=O) groups excluding carboxylic acids is 1. The van der Waals surface area contributed by atoms with Gasteiger partial charge in [0.05, 0.1) is 19.6 Å². The first-order valence-corrected chi connectivity index (χ1v) is 12.5. The summed E-state index contributed by atoms with van der Waals surface area (Å²) in [6.07, 6.45) is 6.12. The monoisotopic (exact) mass is 510 g/mol. The van der Waals surface area contributed by atoms with Crippen molar-refractivity contribution in [2.45, 2.75) is 32.1 Å². The van der Waals surface area contributed by atoms with E-state index in [1.165, 1.54) is 6.08 Å². The molecule has 0 radical (unpaired) electrons. The molecule has 3 aromatic carbocycles. The Labute approximate surface area is 222 Å². The van der Waals surface area contributed by atoms with E-state index in [4.69, 9.17) is 24.7 Å². The number of hydrogen-bond acceptors (Lipinski definition) is 7. The van der Waals surface area contributed by atoms with Crippen molar-refractivity contribution in [1.29, 1.82) is 5.26 Å². The SMILES string of the molecule is CCCCCOc1ccccc1C1C(C#N)=C(N)Oc2cc(OC(=O)/C=C/c3ccc(OC)cc3)ccc21. The van der Waals surface area contributed by atoms with Crippen LogP contribution < -0.4 is 24.7 Å². The van der Waals surface area contributed by atoms with Gasteiger partial charge in [0, 0.05) is 23.3 Å². The molecule has 3 aromatic rings. The van der Waals surface area contributed by atoms with E-state index in [0.717, 1.165) is 41.7 Å². The van der Waals surface area contributed by atoms with Crippen molar-refractivity contribution in [3.05, 3.63) is 101 Å². The van der Waals surface area contributed by atoms with E-state index in [-0.39, 0.29) is 5.88 Å². The molecule has 4 rings (SSSR count). The van der Waals surface area contributed by atoms with E-state index in [0.29, 0.717) is 29.4 Å². The average Bonchev–Trinajstić information content (AvgIpc) is 2.94. The quantitative estimate of drug-likeness (QED) is 0.152. The molecular weight excluding hydrogens is 480 g/mol. The fourth-order valence-corrected chi connectivity index (χ4v) is 4.23. The number of fused-ring (bicyclic) bond motifs is 1. The summed E-state index contributed by atoms with van der Waals surface area (Å²) in [4.78, 5) is 12.4. The third-order valence-electron chi connectivity index (χ3n) is 6.17. The number of nitriles is 1. The normalized spacial score (nSPS) is 14.4. The second-order valence-corrected chi connectivity index (χ2v) is 8.75. The summed E-state index contributed by atoms with van der Waals surface area (Å²) < 4.78 is 22.5. The highest BCUT2D eigenvalue weighted by Gasteiger charge is 2.32. The predicted octanol–water partition coefficient (Wildman–Crippen LogP) is 6.10. The Hall–Kier alpha value is -4.70. The third-order valence-corrected chi connectivity index (χ3v) is 6.17. The maximum absolute atomic E-state index is 12.4. The number of unbranched alkanes of at least 4 members (excludes halogenated alkanes) is 2. The highest BCUT2D eigenvalue weighted by atomic mass is 16.5. The van der Waals surface area contributed by atoms with Crippen molar-refractivity contribution < 1.29 is 23.7 Å². The lowest BCUT2D eigenvalue weighted by atomic mass is 9.83. The second-order valence-electron chi connectivity index (χ2n) is 8.75. The van der Waals surface area contributed by atoms with E-state index < -0.39 is 11.9 Å². The molecule has 1 aliphatic heterocycles. The van der Waals surface area contributed by atoms with Crippen LogP contribution in [0.3, 0.4) is 0 Å². The number of nitrogens with zero attached hydrogens (tertiary/aromatic N) is 1. The van der Waals surface area contributed by atoms with Crippen LogP contribution in [-0.2, 0) is 4.79 Å². The summed E-state index contributed by atoms with van der Waals surface area (Å²) in [6, 6.07) is 22.2. The lowest BCUT2D eigenvalue weighted by Crippen LogP contribution is -2.21.